The van der Waals surface area contributed by atoms with E-state index in [9.17, 15) is 4.79 Å². The maximum atomic E-state index is 10.6. The van der Waals surface area contributed by atoms with Crippen LogP contribution >= 0.6 is 11.6 Å². The van der Waals surface area contributed by atoms with Gasteiger partial charge in [-0.25, -0.2) is 4.79 Å². The molecule has 0 aliphatic carbocycles. The van der Waals surface area contributed by atoms with Crippen molar-refractivity contribution in [3.63, 3.8) is 0 Å². The number of carbonyl (C=O) groups is 1. The highest BCUT2D eigenvalue weighted by molar-refractivity contribution is 6.33. The summed E-state index contributed by atoms with van der Waals surface area (Å²) in [5.41, 5.74) is -0.0586. The normalized spacial score (nSPS) is 9.00. The topological polar surface area (TPSA) is 61.1 Å². The molecule has 0 saturated carbocycles. The summed E-state index contributed by atoms with van der Waals surface area (Å²) in [6.45, 7) is 0. The molecule has 0 radical (unpaired) electrons. The van der Waals surface area contributed by atoms with Gasteiger partial charge in [0.2, 0.25) is 0 Å². The third kappa shape index (κ3) is 1.39. The Morgan fingerprint density at radius 3 is 2.67 bits per heavy atom. The predicted molar refractivity (Wildman–Crippen MR) is 43.1 cm³/mol. The summed E-state index contributed by atoms with van der Waals surface area (Å²) in [5, 5.41) is 17.2. The van der Waals surface area contributed by atoms with E-state index in [0.717, 1.165) is 0 Å². The monoisotopic (exact) mass is 181 g/mol. The van der Waals surface area contributed by atoms with Crippen LogP contribution in [0.1, 0.15) is 15.9 Å². The average Bonchev–Trinajstić information content (AvgIpc) is 2.03. The number of hydrogen-bond donors (Lipinski definition) is 1. The molecule has 0 spiro atoms. The van der Waals surface area contributed by atoms with Crippen molar-refractivity contribution in [1.29, 1.82) is 5.26 Å². The van der Waals surface area contributed by atoms with Crippen molar-refractivity contribution in [2.75, 3.05) is 0 Å². The molecule has 0 bridgehead atoms. The Labute approximate surface area is 73.8 Å². The summed E-state index contributed by atoms with van der Waals surface area (Å²) < 4.78 is 0. The van der Waals surface area contributed by atoms with E-state index >= 15 is 0 Å². The number of benzene rings is 1. The molecular formula is C8H4ClNO2. The van der Waals surface area contributed by atoms with Crippen LogP contribution in [0.3, 0.4) is 0 Å². The van der Waals surface area contributed by atoms with Gasteiger partial charge in [-0.15, -0.1) is 0 Å². The van der Waals surface area contributed by atoms with Gasteiger partial charge in [0.15, 0.2) is 0 Å². The predicted octanol–water partition coefficient (Wildman–Crippen LogP) is 1.91. The lowest BCUT2D eigenvalue weighted by Crippen LogP contribution is -2.00. The second-order valence-electron chi connectivity index (χ2n) is 2.08. The Hall–Kier alpha value is -1.53. The minimum atomic E-state index is -1.18. The molecule has 0 amide bonds. The second-order valence-corrected chi connectivity index (χ2v) is 2.49. The smallest absolute Gasteiger partial charge is 0.338 e. The van der Waals surface area contributed by atoms with E-state index in [4.69, 9.17) is 22.0 Å². The highest BCUT2D eigenvalue weighted by Crippen LogP contribution is 2.18. The van der Waals surface area contributed by atoms with Crippen LogP contribution in [-0.2, 0) is 0 Å². The van der Waals surface area contributed by atoms with Gasteiger partial charge in [-0.1, -0.05) is 17.7 Å². The summed E-state index contributed by atoms with van der Waals surface area (Å²) in [4.78, 5) is 10.6. The maximum absolute atomic E-state index is 10.6. The molecular weight excluding hydrogens is 178 g/mol. The number of nitriles is 1. The number of rotatable bonds is 1. The molecule has 1 N–H and O–H groups in total. The van der Waals surface area contributed by atoms with Crippen molar-refractivity contribution in [2.45, 2.75) is 0 Å². The van der Waals surface area contributed by atoms with E-state index in [-0.39, 0.29) is 16.1 Å². The second kappa shape index (κ2) is 3.24. The van der Waals surface area contributed by atoms with E-state index in [1.807, 2.05) is 0 Å². The lowest BCUT2D eigenvalue weighted by molar-refractivity contribution is 0.0697. The zero-order valence-electron chi connectivity index (χ0n) is 5.91. The SMILES string of the molecule is N#Cc1cccc(Cl)c1C(=O)O. The van der Waals surface area contributed by atoms with Crippen LogP contribution in [0.5, 0.6) is 0 Å². The molecule has 1 aromatic rings. The summed E-state index contributed by atoms with van der Waals surface area (Å²) in [6.07, 6.45) is 0. The summed E-state index contributed by atoms with van der Waals surface area (Å²) >= 11 is 5.57. The van der Waals surface area contributed by atoms with Gasteiger partial charge in [0.05, 0.1) is 16.1 Å². The Kier molecular flexibility index (Phi) is 2.32. The van der Waals surface area contributed by atoms with Gasteiger partial charge < -0.3 is 5.11 Å². The molecule has 12 heavy (non-hydrogen) atoms. The first-order valence-corrected chi connectivity index (χ1v) is 3.46. The van der Waals surface area contributed by atoms with Crippen LogP contribution in [0, 0.1) is 11.3 Å². The van der Waals surface area contributed by atoms with Gasteiger partial charge in [-0.05, 0) is 12.1 Å². The number of aromatic carboxylic acids is 1. The quantitative estimate of drug-likeness (QED) is 0.720. The first-order chi connectivity index (χ1) is 5.66. The van der Waals surface area contributed by atoms with E-state index in [0.29, 0.717) is 0 Å². The highest BCUT2D eigenvalue weighted by atomic mass is 35.5. The van der Waals surface area contributed by atoms with Crippen LogP contribution in [0.25, 0.3) is 0 Å². The first kappa shape index (κ1) is 8.57. The Morgan fingerprint density at radius 2 is 2.25 bits per heavy atom. The molecule has 0 aliphatic heterocycles. The van der Waals surface area contributed by atoms with Crippen molar-refractivity contribution in [3.05, 3.63) is 34.3 Å². The molecule has 4 heteroatoms. The van der Waals surface area contributed by atoms with Gasteiger partial charge >= 0.3 is 5.97 Å². The van der Waals surface area contributed by atoms with Crippen molar-refractivity contribution in [3.8, 4) is 6.07 Å². The first-order valence-electron chi connectivity index (χ1n) is 3.08. The largest absolute Gasteiger partial charge is 0.478 e. The van der Waals surface area contributed by atoms with Crippen molar-refractivity contribution in [1.82, 2.24) is 0 Å². The van der Waals surface area contributed by atoms with Crippen LogP contribution < -0.4 is 0 Å². The van der Waals surface area contributed by atoms with Gasteiger partial charge in [-0.3, -0.25) is 0 Å². The number of halogens is 1. The highest BCUT2D eigenvalue weighted by Gasteiger charge is 2.12. The third-order valence-corrected chi connectivity index (χ3v) is 1.66. The van der Waals surface area contributed by atoms with Crippen LogP contribution in [0.4, 0.5) is 0 Å². The molecule has 0 aliphatic rings. The molecule has 1 rings (SSSR count). The number of carboxylic acid groups (broad SMARTS) is 1. The third-order valence-electron chi connectivity index (χ3n) is 1.35. The lowest BCUT2D eigenvalue weighted by Gasteiger charge is -1.98. The van der Waals surface area contributed by atoms with Crippen LogP contribution in [0.2, 0.25) is 5.02 Å². The minimum Gasteiger partial charge on any atom is -0.478 e. The molecule has 1 aromatic carbocycles. The van der Waals surface area contributed by atoms with E-state index in [1.165, 1.54) is 18.2 Å². The van der Waals surface area contributed by atoms with E-state index in [2.05, 4.69) is 0 Å². The van der Waals surface area contributed by atoms with E-state index < -0.39 is 5.97 Å². The maximum Gasteiger partial charge on any atom is 0.338 e. The van der Waals surface area contributed by atoms with Crippen molar-refractivity contribution >= 4 is 17.6 Å². The zero-order valence-corrected chi connectivity index (χ0v) is 6.67. The Bertz CT molecular complexity index is 368. The molecule has 0 aromatic heterocycles. The van der Waals surface area contributed by atoms with Crippen molar-refractivity contribution in [2.24, 2.45) is 0 Å². The molecule has 0 unspecified atom stereocenters. The molecule has 0 saturated heterocycles. The molecule has 60 valence electrons. The molecule has 3 nitrogen and oxygen atoms in total. The fourth-order valence-electron chi connectivity index (χ4n) is 0.835. The van der Waals surface area contributed by atoms with Gasteiger partial charge in [-0.2, -0.15) is 5.26 Å². The fourth-order valence-corrected chi connectivity index (χ4v) is 1.09. The Morgan fingerprint density at radius 1 is 1.58 bits per heavy atom. The Balaban J connectivity index is 3.42. The number of nitrogens with zero attached hydrogens (tertiary/aromatic N) is 1. The summed E-state index contributed by atoms with van der Waals surface area (Å²) in [7, 11) is 0. The fraction of sp³-hybridized carbons (Fsp3) is 0. The summed E-state index contributed by atoms with van der Waals surface area (Å²) in [6, 6.07) is 6.14. The molecule has 0 atom stereocenters. The van der Waals surface area contributed by atoms with Gasteiger partial charge in [0, 0.05) is 0 Å². The van der Waals surface area contributed by atoms with Crippen LogP contribution in [0.15, 0.2) is 18.2 Å². The molecule has 0 fully saturated rings. The van der Waals surface area contributed by atoms with Gasteiger partial charge in [0.1, 0.15) is 6.07 Å². The van der Waals surface area contributed by atoms with Crippen LogP contribution in [-0.4, -0.2) is 11.1 Å². The van der Waals surface area contributed by atoms with Crippen molar-refractivity contribution < 1.29 is 9.90 Å². The minimum absolute atomic E-state index is 0.0787. The van der Waals surface area contributed by atoms with Gasteiger partial charge in [0.25, 0.3) is 0 Å². The molecule has 0 heterocycles. The summed E-state index contributed by atoms with van der Waals surface area (Å²) in [5.74, 6) is -1.18. The van der Waals surface area contributed by atoms with E-state index in [1.54, 1.807) is 6.07 Å². The zero-order chi connectivity index (χ0) is 9.14. The average molecular weight is 182 g/mol. The lowest BCUT2D eigenvalue weighted by atomic mass is 10.1. The number of carboxylic acids is 1. The standard InChI is InChI=1S/C8H4ClNO2/c9-6-3-1-2-5(4-10)7(6)8(11)12/h1-3H,(H,11,12). The number of hydrogen-bond acceptors (Lipinski definition) is 2.